The van der Waals surface area contributed by atoms with Gasteiger partial charge in [0.25, 0.3) is 5.56 Å². The van der Waals surface area contributed by atoms with E-state index in [0.29, 0.717) is 13.0 Å². The second-order valence-corrected chi connectivity index (χ2v) is 3.65. The van der Waals surface area contributed by atoms with Gasteiger partial charge >= 0.3 is 0 Å². The molecule has 0 saturated carbocycles. The van der Waals surface area contributed by atoms with E-state index in [-0.39, 0.29) is 5.56 Å². The summed E-state index contributed by atoms with van der Waals surface area (Å²) in [5.74, 6) is 0. The quantitative estimate of drug-likeness (QED) is 0.736. The van der Waals surface area contributed by atoms with Crippen LogP contribution in [-0.4, -0.2) is 20.5 Å². The third-order valence-corrected chi connectivity index (χ3v) is 1.72. The van der Waals surface area contributed by atoms with Gasteiger partial charge in [-0.3, -0.25) is 4.79 Å². The number of nitrogens with zero attached hydrogens (tertiary/aromatic N) is 2. The Morgan fingerprint density at radius 2 is 2.31 bits per heavy atom. The largest absolute Gasteiger partial charge is 0.390 e. The van der Waals surface area contributed by atoms with Gasteiger partial charge in [0, 0.05) is 18.8 Å². The molecular formula is C9H14N2O2. The first-order valence-electron chi connectivity index (χ1n) is 4.23. The average Bonchev–Trinajstić information content (AvgIpc) is 2.01. The van der Waals surface area contributed by atoms with Crippen LogP contribution in [0.2, 0.25) is 0 Å². The van der Waals surface area contributed by atoms with Gasteiger partial charge in [-0.05, 0) is 26.3 Å². The lowest BCUT2D eigenvalue weighted by atomic mass is 10.1. The summed E-state index contributed by atoms with van der Waals surface area (Å²) >= 11 is 0. The summed E-state index contributed by atoms with van der Waals surface area (Å²) in [6.45, 7) is 3.87. The summed E-state index contributed by atoms with van der Waals surface area (Å²) in [5.41, 5.74) is -0.886. The molecule has 0 atom stereocenters. The molecule has 0 aliphatic carbocycles. The molecule has 0 fully saturated rings. The van der Waals surface area contributed by atoms with E-state index in [1.165, 1.54) is 10.7 Å². The van der Waals surface area contributed by atoms with Gasteiger partial charge in [-0.2, -0.15) is 5.10 Å². The normalized spacial score (nSPS) is 11.6. The highest BCUT2D eigenvalue weighted by atomic mass is 16.3. The van der Waals surface area contributed by atoms with E-state index in [4.69, 9.17) is 0 Å². The van der Waals surface area contributed by atoms with Crippen molar-refractivity contribution in [3.05, 3.63) is 28.7 Å². The highest BCUT2D eigenvalue weighted by Gasteiger charge is 2.12. The molecule has 4 heteroatoms. The molecule has 0 aliphatic rings. The fourth-order valence-corrected chi connectivity index (χ4v) is 0.935. The zero-order valence-electron chi connectivity index (χ0n) is 7.90. The van der Waals surface area contributed by atoms with Gasteiger partial charge < -0.3 is 5.11 Å². The van der Waals surface area contributed by atoms with Crippen LogP contribution in [0.25, 0.3) is 0 Å². The fourth-order valence-electron chi connectivity index (χ4n) is 0.935. The van der Waals surface area contributed by atoms with Gasteiger partial charge in [-0.25, -0.2) is 4.68 Å². The van der Waals surface area contributed by atoms with Crippen molar-refractivity contribution in [2.45, 2.75) is 32.4 Å². The number of rotatable bonds is 3. The minimum atomic E-state index is -0.753. The highest BCUT2D eigenvalue weighted by molar-refractivity contribution is 4.84. The monoisotopic (exact) mass is 182 g/mol. The van der Waals surface area contributed by atoms with Crippen molar-refractivity contribution in [3.8, 4) is 0 Å². The lowest BCUT2D eigenvalue weighted by molar-refractivity contribution is 0.0646. The van der Waals surface area contributed by atoms with Crippen molar-refractivity contribution in [1.29, 1.82) is 0 Å². The van der Waals surface area contributed by atoms with E-state index in [9.17, 15) is 9.90 Å². The van der Waals surface area contributed by atoms with E-state index < -0.39 is 5.60 Å². The van der Waals surface area contributed by atoms with Crippen molar-refractivity contribution in [1.82, 2.24) is 9.78 Å². The summed E-state index contributed by atoms with van der Waals surface area (Å²) < 4.78 is 1.35. The topological polar surface area (TPSA) is 55.1 Å². The number of hydrogen-bond acceptors (Lipinski definition) is 3. The zero-order chi connectivity index (χ0) is 9.90. The SMILES string of the molecule is CC(C)(O)CCn1ncccc1=O. The van der Waals surface area contributed by atoms with Gasteiger partial charge in [0.05, 0.1) is 5.60 Å². The highest BCUT2D eigenvalue weighted by Crippen LogP contribution is 2.06. The Bertz CT molecular complexity index is 325. The molecule has 0 bridgehead atoms. The van der Waals surface area contributed by atoms with Gasteiger partial charge in [-0.15, -0.1) is 0 Å². The minimum absolute atomic E-state index is 0.133. The second kappa shape index (κ2) is 3.70. The Balaban J connectivity index is 2.66. The average molecular weight is 182 g/mol. The molecular weight excluding hydrogens is 168 g/mol. The minimum Gasteiger partial charge on any atom is -0.390 e. The van der Waals surface area contributed by atoms with E-state index in [2.05, 4.69) is 5.10 Å². The number of aromatic nitrogens is 2. The molecule has 1 rings (SSSR count). The van der Waals surface area contributed by atoms with Gasteiger partial charge in [0.1, 0.15) is 0 Å². The summed E-state index contributed by atoms with van der Waals surface area (Å²) in [6.07, 6.45) is 2.08. The van der Waals surface area contributed by atoms with E-state index >= 15 is 0 Å². The van der Waals surface area contributed by atoms with Crippen LogP contribution >= 0.6 is 0 Å². The maximum absolute atomic E-state index is 11.2. The van der Waals surface area contributed by atoms with E-state index in [0.717, 1.165) is 0 Å². The van der Waals surface area contributed by atoms with Crippen LogP contribution in [0.5, 0.6) is 0 Å². The zero-order valence-corrected chi connectivity index (χ0v) is 7.90. The smallest absolute Gasteiger partial charge is 0.266 e. The molecule has 13 heavy (non-hydrogen) atoms. The molecule has 0 saturated heterocycles. The second-order valence-electron chi connectivity index (χ2n) is 3.65. The lowest BCUT2D eigenvalue weighted by Gasteiger charge is -2.16. The molecule has 0 unspecified atom stereocenters. The number of hydrogen-bond donors (Lipinski definition) is 1. The first-order chi connectivity index (χ1) is 5.99. The maximum atomic E-state index is 11.2. The molecule has 0 aromatic carbocycles. The first kappa shape index (κ1) is 9.92. The Kier molecular flexibility index (Phi) is 2.83. The molecule has 0 spiro atoms. The molecule has 4 nitrogen and oxygen atoms in total. The molecule has 1 N–H and O–H groups in total. The standard InChI is InChI=1S/C9H14N2O2/c1-9(2,13)5-7-11-8(12)4-3-6-10-11/h3-4,6,13H,5,7H2,1-2H3. The maximum Gasteiger partial charge on any atom is 0.266 e. The Morgan fingerprint density at radius 3 is 2.85 bits per heavy atom. The molecule has 1 aromatic heterocycles. The lowest BCUT2D eigenvalue weighted by Crippen LogP contribution is -2.27. The van der Waals surface area contributed by atoms with Crippen LogP contribution in [0.4, 0.5) is 0 Å². The van der Waals surface area contributed by atoms with E-state index in [1.807, 2.05) is 0 Å². The summed E-state index contributed by atoms with van der Waals surface area (Å²) in [6, 6.07) is 3.06. The predicted octanol–water partition coefficient (Wildman–Crippen LogP) is 0.404. The van der Waals surface area contributed by atoms with Crippen LogP contribution in [0.1, 0.15) is 20.3 Å². The number of aryl methyl sites for hydroxylation is 1. The molecule has 0 radical (unpaired) electrons. The van der Waals surface area contributed by atoms with Crippen molar-refractivity contribution in [2.24, 2.45) is 0 Å². The summed E-state index contributed by atoms with van der Waals surface area (Å²) in [7, 11) is 0. The third-order valence-electron chi connectivity index (χ3n) is 1.72. The van der Waals surface area contributed by atoms with Gasteiger partial charge in [0.15, 0.2) is 0 Å². The van der Waals surface area contributed by atoms with Crippen LogP contribution < -0.4 is 5.56 Å². The molecule has 1 aromatic rings. The summed E-state index contributed by atoms with van der Waals surface area (Å²) in [5, 5.41) is 13.3. The molecule has 0 amide bonds. The van der Waals surface area contributed by atoms with E-state index in [1.54, 1.807) is 26.1 Å². The number of aliphatic hydroxyl groups is 1. The molecule has 0 aliphatic heterocycles. The van der Waals surface area contributed by atoms with Crippen LogP contribution in [0.3, 0.4) is 0 Å². The van der Waals surface area contributed by atoms with Crippen LogP contribution in [0, 0.1) is 0 Å². The molecule has 72 valence electrons. The van der Waals surface area contributed by atoms with Crippen molar-refractivity contribution >= 4 is 0 Å². The summed E-state index contributed by atoms with van der Waals surface area (Å²) in [4.78, 5) is 11.2. The third kappa shape index (κ3) is 3.38. The van der Waals surface area contributed by atoms with Gasteiger partial charge in [-0.1, -0.05) is 0 Å². The predicted molar refractivity (Wildman–Crippen MR) is 49.4 cm³/mol. The van der Waals surface area contributed by atoms with Gasteiger partial charge in [0.2, 0.25) is 0 Å². The van der Waals surface area contributed by atoms with Crippen molar-refractivity contribution in [3.63, 3.8) is 0 Å². The Hall–Kier alpha value is -1.16. The molecule has 1 heterocycles. The van der Waals surface area contributed by atoms with Crippen molar-refractivity contribution in [2.75, 3.05) is 0 Å². The van der Waals surface area contributed by atoms with Crippen LogP contribution in [0.15, 0.2) is 23.1 Å². The fraction of sp³-hybridized carbons (Fsp3) is 0.556. The Labute approximate surface area is 76.8 Å². The van der Waals surface area contributed by atoms with Crippen molar-refractivity contribution < 1.29 is 5.11 Å². The Morgan fingerprint density at radius 1 is 1.62 bits per heavy atom. The van der Waals surface area contributed by atoms with Crippen LogP contribution in [-0.2, 0) is 6.54 Å². The first-order valence-corrected chi connectivity index (χ1v) is 4.23.